The van der Waals surface area contributed by atoms with Crippen molar-refractivity contribution in [2.24, 2.45) is 5.73 Å². The highest BCUT2D eigenvalue weighted by Gasteiger charge is 2.34. The molecule has 1 aromatic carbocycles. The highest BCUT2D eigenvalue weighted by molar-refractivity contribution is 5.98. The summed E-state index contributed by atoms with van der Waals surface area (Å²) in [4.78, 5) is 40.7. The molecule has 1 fully saturated rings. The van der Waals surface area contributed by atoms with Gasteiger partial charge >= 0.3 is 6.18 Å². The Morgan fingerprint density at radius 2 is 1.90 bits per heavy atom. The smallest absolute Gasteiger partial charge is 0.433 e. The van der Waals surface area contributed by atoms with Gasteiger partial charge in [-0.1, -0.05) is 6.07 Å². The largest absolute Gasteiger partial charge is 0.494 e. The quantitative estimate of drug-likeness (QED) is 0.302. The van der Waals surface area contributed by atoms with Crippen LogP contribution in [0.2, 0.25) is 0 Å². The first-order chi connectivity index (χ1) is 20.1. The SMILES string of the molecule is COc1ccc(-c2nc(C(=O)N[C@H](CC(=O)N3CCCC3)c3cccnc3)c([C@H](C)N)o2)c2ccc(C(F)(F)F)nc12. The van der Waals surface area contributed by atoms with Crippen LogP contribution in [0.25, 0.3) is 22.4 Å². The number of benzene rings is 1. The third-order valence-corrected chi connectivity index (χ3v) is 7.07. The highest BCUT2D eigenvalue weighted by Crippen LogP contribution is 2.37. The van der Waals surface area contributed by atoms with Gasteiger partial charge in [0.15, 0.2) is 11.5 Å². The molecule has 3 aromatic heterocycles. The second-order valence-corrected chi connectivity index (χ2v) is 10.0. The van der Waals surface area contributed by atoms with Gasteiger partial charge in [-0.25, -0.2) is 9.97 Å². The molecule has 42 heavy (non-hydrogen) atoms. The molecule has 2 amide bonds. The second-order valence-electron chi connectivity index (χ2n) is 10.0. The minimum atomic E-state index is -4.66. The van der Waals surface area contributed by atoms with E-state index in [4.69, 9.17) is 14.9 Å². The number of rotatable bonds is 8. The Hall–Kier alpha value is -4.52. The number of nitrogens with two attached hydrogens (primary N) is 1. The third-order valence-electron chi connectivity index (χ3n) is 7.07. The van der Waals surface area contributed by atoms with Gasteiger partial charge in [-0.15, -0.1) is 0 Å². The van der Waals surface area contributed by atoms with E-state index in [1.165, 1.54) is 19.2 Å². The van der Waals surface area contributed by atoms with Crippen LogP contribution in [-0.2, 0) is 11.0 Å². The summed E-state index contributed by atoms with van der Waals surface area (Å²) in [5, 5.41) is 3.16. The van der Waals surface area contributed by atoms with Gasteiger partial charge in [-0.3, -0.25) is 14.6 Å². The fraction of sp³-hybridized carbons (Fsp3) is 0.345. The molecule has 0 radical (unpaired) electrons. The van der Waals surface area contributed by atoms with Crippen LogP contribution in [0.1, 0.15) is 65.8 Å². The van der Waals surface area contributed by atoms with E-state index >= 15 is 0 Å². The Labute approximate surface area is 239 Å². The standard InChI is InChI=1S/C29H29F3N6O4/c1-16(33)26-25(27(40)35-20(17-6-5-11-34-15-17)14-23(39)38-12-3-4-13-38)37-28(42-26)19-7-9-21(41-2)24-18(19)8-10-22(36-24)29(30,31)32/h5-11,15-16,20H,3-4,12-14,33H2,1-2H3,(H,35,40)/t16-,20+/m0/s1. The molecule has 4 aromatic rings. The summed E-state index contributed by atoms with van der Waals surface area (Å²) in [6, 6.07) is 7.13. The minimum absolute atomic E-state index is 0.0198. The monoisotopic (exact) mass is 582 g/mol. The van der Waals surface area contributed by atoms with Crippen LogP contribution in [0.3, 0.4) is 0 Å². The first-order valence-corrected chi connectivity index (χ1v) is 13.4. The van der Waals surface area contributed by atoms with Crippen molar-refractivity contribution in [3.8, 4) is 17.2 Å². The number of hydrogen-bond acceptors (Lipinski definition) is 8. The number of fused-ring (bicyclic) bond motifs is 1. The predicted molar refractivity (Wildman–Crippen MR) is 146 cm³/mol. The average molecular weight is 583 g/mol. The number of pyridine rings is 2. The van der Waals surface area contributed by atoms with E-state index in [1.54, 1.807) is 42.4 Å². The lowest BCUT2D eigenvalue weighted by Gasteiger charge is -2.22. The van der Waals surface area contributed by atoms with Gasteiger partial charge in [0.25, 0.3) is 5.91 Å². The molecule has 1 aliphatic heterocycles. The normalized spacial score (nSPS) is 15.0. The molecule has 0 bridgehead atoms. The van der Waals surface area contributed by atoms with Gasteiger partial charge in [0.2, 0.25) is 11.8 Å². The zero-order valence-electron chi connectivity index (χ0n) is 22.9. The number of nitrogens with one attached hydrogen (secondary N) is 1. The topological polar surface area (TPSA) is 136 Å². The van der Waals surface area contributed by atoms with Crippen LogP contribution in [0.4, 0.5) is 13.2 Å². The number of carbonyl (C=O) groups excluding carboxylic acids is 2. The molecule has 0 aliphatic carbocycles. The van der Waals surface area contributed by atoms with Crippen molar-refractivity contribution < 1.29 is 31.9 Å². The molecule has 1 saturated heterocycles. The van der Waals surface area contributed by atoms with Gasteiger partial charge in [0.1, 0.15) is 17.0 Å². The molecule has 3 N–H and O–H groups in total. The minimum Gasteiger partial charge on any atom is -0.494 e. The maximum absolute atomic E-state index is 13.6. The Morgan fingerprint density at radius 1 is 1.14 bits per heavy atom. The number of halogens is 3. The van der Waals surface area contributed by atoms with Crippen molar-refractivity contribution in [2.45, 2.75) is 44.4 Å². The molecule has 4 heterocycles. The second kappa shape index (κ2) is 11.8. The number of alkyl halides is 3. The van der Waals surface area contributed by atoms with Crippen LogP contribution in [-0.4, -0.2) is 51.9 Å². The Balaban J connectivity index is 1.51. The molecular formula is C29H29F3N6O4. The molecule has 0 saturated carbocycles. The van der Waals surface area contributed by atoms with Gasteiger partial charge in [-0.05, 0) is 55.7 Å². The summed E-state index contributed by atoms with van der Waals surface area (Å²) >= 11 is 0. The van der Waals surface area contributed by atoms with Crippen LogP contribution >= 0.6 is 0 Å². The number of nitrogens with zero attached hydrogens (tertiary/aromatic N) is 4. The van der Waals surface area contributed by atoms with E-state index in [0.717, 1.165) is 18.9 Å². The van der Waals surface area contributed by atoms with Crippen molar-refractivity contribution in [2.75, 3.05) is 20.2 Å². The van der Waals surface area contributed by atoms with E-state index in [2.05, 4.69) is 20.3 Å². The maximum atomic E-state index is 13.6. The number of methoxy groups -OCH3 is 1. The first kappa shape index (κ1) is 29.0. The van der Waals surface area contributed by atoms with Crippen molar-refractivity contribution in [3.63, 3.8) is 0 Å². The van der Waals surface area contributed by atoms with Gasteiger partial charge in [0, 0.05) is 36.4 Å². The maximum Gasteiger partial charge on any atom is 0.433 e. The number of carbonyl (C=O) groups is 2. The number of likely N-dealkylation sites (tertiary alicyclic amines) is 1. The molecule has 2 atom stereocenters. The fourth-order valence-corrected chi connectivity index (χ4v) is 4.95. The van der Waals surface area contributed by atoms with Crippen molar-refractivity contribution >= 4 is 22.7 Å². The molecule has 0 unspecified atom stereocenters. The Kier molecular flexibility index (Phi) is 8.12. The third kappa shape index (κ3) is 5.91. The Morgan fingerprint density at radius 3 is 2.55 bits per heavy atom. The zero-order valence-corrected chi connectivity index (χ0v) is 22.9. The van der Waals surface area contributed by atoms with Gasteiger partial charge < -0.3 is 25.1 Å². The molecule has 13 heteroatoms. The van der Waals surface area contributed by atoms with Gasteiger partial charge in [-0.2, -0.15) is 13.2 Å². The van der Waals surface area contributed by atoms with Crippen molar-refractivity contribution in [3.05, 3.63) is 71.5 Å². The van der Waals surface area contributed by atoms with E-state index in [0.29, 0.717) is 24.2 Å². The van der Waals surface area contributed by atoms with Crippen LogP contribution in [0.15, 0.2) is 53.2 Å². The van der Waals surface area contributed by atoms with E-state index in [1.807, 2.05) is 0 Å². The van der Waals surface area contributed by atoms with Crippen LogP contribution < -0.4 is 15.8 Å². The summed E-state index contributed by atoms with van der Waals surface area (Å²) in [6.07, 6.45) is 0.395. The average Bonchev–Trinajstić information content (AvgIpc) is 3.67. The lowest BCUT2D eigenvalue weighted by molar-refractivity contribution is -0.141. The number of oxazole rings is 1. The summed E-state index contributed by atoms with van der Waals surface area (Å²) in [6.45, 7) is 2.95. The first-order valence-electron chi connectivity index (χ1n) is 13.4. The molecule has 5 rings (SSSR count). The number of aromatic nitrogens is 3. The lowest BCUT2D eigenvalue weighted by atomic mass is 10.0. The number of hydrogen-bond donors (Lipinski definition) is 2. The Bertz CT molecular complexity index is 1600. The van der Waals surface area contributed by atoms with E-state index in [-0.39, 0.29) is 46.3 Å². The molecule has 1 aliphatic rings. The predicted octanol–water partition coefficient (Wildman–Crippen LogP) is 4.82. The lowest BCUT2D eigenvalue weighted by Crippen LogP contribution is -2.35. The fourth-order valence-electron chi connectivity index (χ4n) is 4.95. The molecule has 10 nitrogen and oxygen atoms in total. The highest BCUT2D eigenvalue weighted by atomic mass is 19.4. The van der Waals surface area contributed by atoms with Crippen molar-refractivity contribution in [1.82, 2.24) is 25.2 Å². The zero-order chi connectivity index (χ0) is 30.0. The van der Waals surface area contributed by atoms with Crippen LogP contribution in [0, 0.1) is 0 Å². The molecule has 220 valence electrons. The molecule has 0 spiro atoms. The van der Waals surface area contributed by atoms with Crippen molar-refractivity contribution in [1.29, 1.82) is 0 Å². The van der Waals surface area contributed by atoms with Gasteiger partial charge in [0.05, 0.1) is 25.6 Å². The summed E-state index contributed by atoms with van der Waals surface area (Å²) in [5.41, 5.74) is 5.82. The summed E-state index contributed by atoms with van der Waals surface area (Å²) in [7, 11) is 1.32. The summed E-state index contributed by atoms with van der Waals surface area (Å²) < 4.78 is 51.3. The van der Waals surface area contributed by atoms with Crippen LogP contribution in [0.5, 0.6) is 5.75 Å². The van der Waals surface area contributed by atoms with E-state index < -0.39 is 29.9 Å². The number of amides is 2. The van der Waals surface area contributed by atoms with E-state index in [9.17, 15) is 22.8 Å². The summed E-state index contributed by atoms with van der Waals surface area (Å²) in [5.74, 6) is -0.560. The number of ether oxygens (including phenoxy) is 1. The molecular weight excluding hydrogens is 553 g/mol.